The largest absolute Gasteiger partial charge is 0.394 e. The molecule has 1 aliphatic heterocycles. The molecule has 0 amide bonds. The van der Waals surface area contributed by atoms with Crippen molar-refractivity contribution in [1.82, 2.24) is 0 Å². The predicted molar refractivity (Wildman–Crippen MR) is 81.4 cm³/mol. The molecule has 0 spiro atoms. The molecule has 1 unspecified atom stereocenters. The molecular formula is C13H16Cl2N2O4. The Morgan fingerprint density at radius 1 is 1.48 bits per heavy atom. The zero-order valence-corrected chi connectivity index (χ0v) is 13.2. The Hall–Kier alpha value is -1.08. The molecule has 1 aliphatic rings. The van der Waals surface area contributed by atoms with E-state index < -0.39 is 10.5 Å². The number of hydrogen-bond donors (Lipinski definition) is 1. The van der Waals surface area contributed by atoms with E-state index in [1.165, 1.54) is 12.1 Å². The van der Waals surface area contributed by atoms with Gasteiger partial charge in [0, 0.05) is 25.2 Å². The molecule has 1 atom stereocenters. The third-order valence-corrected chi connectivity index (χ3v) is 3.79. The molecule has 0 bridgehead atoms. The van der Waals surface area contributed by atoms with Crippen LogP contribution in [-0.4, -0.2) is 41.4 Å². The van der Waals surface area contributed by atoms with Crippen LogP contribution in [0, 0.1) is 10.1 Å². The first-order valence-electron chi connectivity index (χ1n) is 6.40. The third-order valence-electron chi connectivity index (χ3n) is 3.21. The number of aliphatic hydroxyl groups excluding tert-OH is 1. The molecule has 6 nitrogen and oxygen atoms in total. The first-order chi connectivity index (χ1) is 9.73. The summed E-state index contributed by atoms with van der Waals surface area (Å²) in [5.74, 6) is 0. The van der Waals surface area contributed by atoms with Crippen LogP contribution in [0.4, 0.5) is 11.4 Å². The quantitative estimate of drug-likeness (QED) is 0.679. The highest BCUT2D eigenvalue weighted by atomic mass is 35.5. The molecule has 1 heterocycles. The Kier molecular flexibility index (Phi) is 4.63. The minimum Gasteiger partial charge on any atom is -0.394 e. The number of ether oxygens (including phenoxy) is 1. The Morgan fingerprint density at radius 3 is 2.52 bits per heavy atom. The number of halogens is 2. The predicted octanol–water partition coefficient (Wildman–Crippen LogP) is 2.88. The van der Waals surface area contributed by atoms with E-state index in [4.69, 9.17) is 27.9 Å². The van der Waals surface area contributed by atoms with Crippen LogP contribution in [0.2, 0.25) is 10.0 Å². The van der Waals surface area contributed by atoms with Crippen LogP contribution in [0.15, 0.2) is 12.1 Å². The van der Waals surface area contributed by atoms with Gasteiger partial charge in [0.1, 0.15) is 0 Å². The molecule has 0 aromatic heterocycles. The number of anilines is 1. The molecule has 21 heavy (non-hydrogen) atoms. The van der Waals surface area contributed by atoms with E-state index in [0.717, 1.165) is 0 Å². The maximum atomic E-state index is 10.8. The number of aliphatic hydroxyl groups is 1. The fourth-order valence-electron chi connectivity index (χ4n) is 2.52. The van der Waals surface area contributed by atoms with Gasteiger partial charge >= 0.3 is 0 Å². The van der Waals surface area contributed by atoms with Crippen molar-refractivity contribution in [3.8, 4) is 0 Å². The van der Waals surface area contributed by atoms with E-state index in [-0.39, 0.29) is 28.4 Å². The van der Waals surface area contributed by atoms with E-state index in [1.54, 1.807) is 0 Å². The van der Waals surface area contributed by atoms with Gasteiger partial charge in [-0.2, -0.15) is 0 Å². The maximum absolute atomic E-state index is 10.8. The van der Waals surface area contributed by atoms with Crippen molar-refractivity contribution in [2.45, 2.75) is 25.6 Å². The van der Waals surface area contributed by atoms with Gasteiger partial charge in [0.2, 0.25) is 0 Å². The van der Waals surface area contributed by atoms with Crippen molar-refractivity contribution >= 4 is 34.6 Å². The molecule has 2 rings (SSSR count). The summed E-state index contributed by atoms with van der Waals surface area (Å²) >= 11 is 12.3. The van der Waals surface area contributed by atoms with Crippen LogP contribution < -0.4 is 4.90 Å². The van der Waals surface area contributed by atoms with E-state index >= 15 is 0 Å². The average molecular weight is 335 g/mol. The van der Waals surface area contributed by atoms with Crippen LogP contribution in [-0.2, 0) is 4.74 Å². The van der Waals surface area contributed by atoms with E-state index in [2.05, 4.69) is 0 Å². The van der Waals surface area contributed by atoms with Crippen LogP contribution in [0.5, 0.6) is 0 Å². The second kappa shape index (κ2) is 5.96. The lowest BCUT2D eigenvalue weighted by Crippen LogP contribution is -2.54. The lowest BCUT2D eigenvalue weighted by atomic mass is 10.0. The zero-order chi connectivity index (χ0) is 15.8. The maximum Gasteiger partial charge on any atom is 0.272 e. The van der Waals surface area contributed by atoms with Crippen LogP contribution in [0.3, 0.4) is 0 Å². The van der Waals surface area contributed by atoms with Crippen molar-refractivity contribution in [1.29, 1.82) is 0 Å². The smallest absolute Gasteiger partial charge is 0.272 e. The lowest BCUT2D eigenvalue weighted by Gasteiger charge is -2.43. The first kappa shape index (κ1) is 16.3. The highest BCUT2D eigenvalue weighted by Crippen LogP contribution is 2.39. The number of nitro groups is 1. The van der Waals surface area contributed by atoms with Crippen molar-refractivity contribution in [3.05, 3.63) is 32.3 Å². The highest BCUT2D eigenvalue weighted by Gasteiger charge is 2.35. The number of morpholine rings is 1. The van der Waals surface area contributed by atoms with E-state index in [1.807, 2.05) is 18.7 Å². The summed E-state index contributed by atoms with van der Waals surface area (Å²) in [5, 5.41) is 20.6. The zero-order valence-electron chi connectivity index (χ0n) is 11.7. The van der Waals surface area contributed by atoms with Gasteiger partial charge in [-0.3, -0.25) is 10.1 Å². The number of rotatable bonds is 3. The number of hydrogen-bond acceptors (Lipinski definition) is 5. The topological polar surface area (TPSA) is 75.8 Å². The van der Waals surface area contributed by atoms with Gasteiger partial charge in [0.05, 0.1) is 39.0 Å². The molecule has 0 aliphatic carbocycles. The first-order valence-corrected chi connectivity index (χ1v) is 7.16. The minimum absolute atomic E-state index is 0.123. The van der Waals surface area contributed by atoms with Crippen molar-refractivity contribution in [2.24, 2.45) is 0 Å². The Morgan fingerprint density at radius 2 is 2.05 bits per heavy atom. The van der Waals surface area contributed by atoms with Gasteiger partial charge in [-0.15, -0.1) is 0 Å². The Labute approximate surface area is 132 Å². The molecule has 1 N–H and O–H groups in total. The van der Waals surface area contributed by atoms with Crippen molar-refractivity contribution in [3.63, 3.8) is 0 Å². The van der Waals surface area contributed by atoms with Crippen molar-refractivity contribution < 1.29 is 14.8 Å². The second-order valence-corrected chi connectivity index (χ2v) is 6.39. The van der Waals surface area contributed by atoms with Gasteiger partial charge in [0.25, 0.3) is 5.69 Å². The molecular weight excluding hydrogens is 319 g/mol. The summed E-state index contributed by atoms with van der Waals surface area (Å²) in [6.07, 6.45) is -0.365. The summed E-state index contributed by atoms with van der Waals surface area (Å²) < 4.78 is 5.73. The number of non-ortho nitro benzene ring substituents is 1. The van der Waals surface area contributed by atoms with Gasteiger partial charge in [-0.05, 0) is 13.8 Å². The van der Waals surface area contributed by atoms with E-state index in [0.29, 0.717) is 18.8 Å². The molecule has 0 radical (unpaired) electrons. The van der Waals surface area contributed by atoms with Crippen LogP contribution >= 0.6 is 23.2 Å². The summed E-state index contributed by atoms with van der Waals surface area (Å²) in [6, 6.07) is 2.55. The SMILES string of the molecule is CC1(C)CN(c2c(Cl)cc([N+](=O)[O-])cc2Cl)CC(CO)O1. The van der Waals surface area contributed by atoms with Gasteiger partial charge < -0.3 is 14.7 Å². The fourth-order valence-corrected chi connectivity index (χ4v) is 3.24. The van der Waals surface area contributed by atoms with E-state index in [9.17, 15) is 15.2 Å². The number of nitrogens with zero attached hydrogens (tertiary/aromatic N) is 2. The molecule has 8 heteroatoms. The number of benzene rings is 1. The van der Waals surface area contributed by atoms with Gasteiger partial charge in [-0.1, -0.05) is 23.2 Å². The lowest BCUT2D eigenvalue weighted by molar-refractivity contribution is -0.384. The van der Waals surface area contributed by atoms with Crippen molar-refractivity contribution in [2.75, 3.05) is 24.6 Å². The molecule has 116 valence electrons. The minimum atomic E-state index is -0.540. The highest BCUT2D eigenvalue weighted by molar-refractivity contribution is 6.39. The molecule has 1 aromatic carbocycles. The average Bonchev–Trinajstić information content (AvgIpc) is 2.35. The second-order valence-electron chi connectivity index (χ2n) is 5.58. The number of nitro benzene ring substituents is 1. The van der Waals surface area contributed by atoms with Gasteiger partial charge in [-0.25, -0.2) is 0 Å². The fraction of sp³-hybridized carbons (Fsp3) is 0.538. The monoisotopic (exact) mass is 334 g/mol. The summed E-state index contributed by atoms with van der Waals surface area (Å²) in [5.41, 5.74) is -0.112. The van der Waals surface area contributed by atoms with Crippen LogP contribution in [0.1, 0.15) is 13.8 Å². The van der Waals surface area contributed by atoms with Crippen LogP contribution in [0.25, 0.3) is 0 Å². The van der Waals surface area contributed by atoms with Gasteiger partial charge in [0.15, 0.2) is 0 Å². The Bertz CT molecular complexity index is 542. The molecule has 1 saturated heterocycles. The summed E-state index contributed by atoms with van der Waals surface area (Å²) in [4.78, 5) is 12.2. The Balaban J connectivity index is 2.39. The molecule has 1 fully saturated rings. The normalized spacial score (nSPS) is 21.4. The third kappa shape index (κ3) is 3.58. The molecule has 0 saturated carbocycles. The standard InChI is InChI=1S/C13H16Cl2N2O4/c1-13(2)7-16(5-9(6-18)21-13)12-10(14)3-8(17(19)20)4-11(12)15/h3-4,9,18H,5-7H2,1-2H3. The summed E-state index contributed by atoms with van der Waals surface area (Å²) in [7, 11) is 0. The molecule has 1 aromatic rings. The summed E-state index contributed by atoms with van der Waals surface area (Å²) in [6.45, 7) is 4.60.